The second kappa shape index (κ2) is 5.30. The Bertz CT molecular complexity index is 1030. The highest BCUT2D eigenvalue weighted by atomic mass is 16.6. The van der Waals surface area contributed by atoms with Gasteiger partial charge in [-0.1, -0.05) is 24.3 Å². The van der Waals surface area contributed by atoms with Crippen LogP contribution in [0.1, 0.15) is 11.1 Å². The van der Waals surface area contributed by atoms with Gasteiger partial charge in [-0.3, -0.25) is 20.2 Å². The van der Waals surface area contributed by atoms with Crippen LogP contribution in [-0.2, 0) is 0 Å². The Labute approximate surface area is 134 Å². The van der Waals surface area contributed by atoms with Crippen LogP contribution in [0.2, 0.25) is 0 Å². The summed E-state index contributed by atoms with van der Waals surface area (Å²) in [5.74, 6) is 0. The molecule has 114 valence electrons. The number of nitro benzene ring substituents is 2. The first-order chi connectivity index (χ1) is 11.5. The Morgan fingerprint density at radius 2 is 1.54 bits per heavy atom. The fourth-order valence-corrected chi connectivity index (χ4v) is 2.81. The van der Waals surface area contributed by atoms with Gasteiger partial charge in [-0.25, -0.2) is 0 Å². The fraction of sp³-hybridized carbons (Fsp3) is 0. The van der Waals surface area contributed by atoms with Crippen molar-refractivity contribution < 1.29 is 9.85 Å². The van der Waals surface area contributed by atoms with Gasteiger partial charge in [0, 0.05) is 17.2 Å². The summed E-state index contributed by atoms with van der Waals surface area (Å²) in [5.41, 5.74) is 0.280. The summed E-state index contributed by atoms with van der Waals surface area (Å²) in [6, 6.07) is 12.1. The summed E-state index contributed by atoms with van der Waals surface area (Å²) in [6.07, 6.45) is 0. The van der Waals surface area contributed by atoms with Crippen LogP contribution < -0.4 is 0 Å². The topological polar surface area (TPSA) is 134 Å². The van der Waals surface area contributed by atoms with Crippen molar-refractivity contribution in [2.24, 2.45) is 0 Å². The van der Waals surface area contributed by atoms with Gasteiger partial charge < -0.3 is 0 Å². The molecule has 2 aromatic rings. The minimum Gasteiger partial charge on any atom is -0.258 e. The van der Waals surface area contributed by atoms with E-state index in [0.717, 1.165) is 12.1 Å². The molecule has 24 heavy (non-hydrogen) atoms. The molecule has 8 heteroatoms. The zero-order valence-electron chi connectivity index (χ0n) is 11.9. The molecule has 0 N–H and O–H groups in total. The maximum absolute atomic E-state index is 11.4. The number of benzene rings is 2. The van der Waals surface area contributed by atoms with Gasteiger partial charge in [0.1, 0.15) is 17.7 Å². The lowest BCUT2D eigenvalue weighted by Crippen LogP contribution is -1.97. The van der Waals surface area contributed by atoms with Crippen LogP contribution in [0.25, 0.3) is 16.7 Å². The highest BCUT2D eigenvalue weighted by Crippen LogP contribution is 2.50. The minimum absolute atomic E-state index is 0.148. The molecule has 0 atom stereocenters. The predicted octanol–water partition coefficient (Wildman–Crippen LogP) is 3.33. The van der Waals surface area contributed by atoms with Crippen molar-refractivity contribution >= 4 is 16.9 Å². The first-order valence-corrected chi connectivity index (χ1v) is 6.61. The number of hydrogen-bond acceptors (Lipinski definition) is 6. The Hall–Kier alpha value is -4.04. The van der Waals surface area contributed by atoms with Crippen molar-refractivity contribution in [3.05, 3.63) is 73.3 Å². The largest absolute Gasteiger partial charge is 0.284 e. The van der Waals surface area contributed by atoms with Crippen LogP contribution in [0.15, 0.2) is 42.0 Å². The molecule has 0 fully saturated rings. The summed E-state index contributed by atoms with van der Waals surface area (Å²) >= 11 is 0. The van der Waals surface area contributed by atoms with Gasteiger partial charge in [-0.05, 0) is 11.1 Å². The molecule has 0 spiro atoms. The molecule has 0 bridgehead atoms. The molecule has 0 aromatic heterocycles. The van der Waals surface area contributed by atoms with Crippen LogP contribution in [0.5, 0.6) is 0 Å². The van der Waals surface area contributed by atoms with E-state index < -0.39 is 21.2 Å². The summed E-state index contributed by atoms with van der Waals surface area (Å²) in [4.78, 5) is 21.1. The highest BCUT2D eigenvalue weighted by molar-refractivity contribution is 6.07. The summed E-state index contributed by atoms with van der Waals surface area (Å²) in [5, 5.41) is 40.9. The molecule has 0 aliphatic heterocycles. The van der Waals surface area contributed by atoms with E-state index in [9.17, 15) is 30.8 Å². The molecule has 0 saturated heterocycles. The van der Waals surface area contributed by atoms with E-state index in [1.165, 1.54) is 0 Å². The zero-order valence-corrected chi connectivity index (χ0v) is 11.9. The normalized spacial score (nSPS) is 11.0. The lowest BCUT2D eigenvalue weighted by Gasteiger charge is -2.03. The van der Waals surface area contributed by atoms with Crippen LogP contribution >= 0.6 is 0 Å². The second-order valence-corrected chi connectivity index (χ2v) is 4.92. The Kier molecular flexibility index (Phi) is 3.29. The van der Waals surface area contributed by atoms with E-state index >= 15 is 0 Å². The lowest BCUT2D eigenvalue weighted by atomic mass is 9.98. The standard InChI is InChI=1S/C16H6N4O4/c17-7-9(8-18)15-11-3-1-2-4-12(11)16-13(15)5-10(19(21)22)6-14(16)20(23)24/h1-6H. The van der Waals surface area contributed by atoms with E-state index in [1.807, 2.05) is 0 Å². The predicted molar refractivity (Wildman–Crippen MR) is 82.4 cm³/mol. The van der Waals surface area contributed by atoms with Gasteiger partial charge in [0.25, 0.3) is 11.4 Å². The quantitative estimate of drug-likeness (QED) is 0.404. The third kappa shape index (κ3) is 1.99. The van der Waals surface area contributed by atoms with Crippen molar-refractivity contribution in [3.63, 3.8) is 0 Å². The number of nitrogens with zero attached hydrogens (tertiary/aromatic N) is 4. The molecule has 1 aliphatic carbocycles. The van der Waals surface area contributed by atoms with Crippen molar-refractivity contribution in [2.75, 3.05) is 0 Å². The van der Waals surface area contributed by atoms with Crippen molar-refractivity contribution in [1.82, 2.24) is 0 Å². The summed E-state index contributed by atoms with van der Waals surface area (Å²) < 4.78 is 0. The number of fused-ring (bicyclic) bond motifs is 3. The van der Waals surface area contributed by atoms with Gasteiger partial charge in [0.05, 0.1) is 21.5 Å². The van der Waals surface area contributed by atoms with Gasteiger partial charge in [0.15, 0.2) is 0 Å². The van der Waals surface area contributed by atoms with Crippen molar-refractivity contribution in [2.45, 2.75) is 0 Å². The average Bonchev–Trinajstić information content (AvgIpc) is 2.90. The molecule has 0 amide bonds. The maximum Gasteiger partial charge on any atom is 0.284 e. The molecule has 1 aliphatic rings. The first-order valence-electron chi connectivity index (χ1n) is 6.61. The third-order valence-electron chi connectivity index (χ3n) is 3.72. The number of nitriles is 2. The molecular formula is C16H6N4O4. The van der Waals surface area contributed by atoms with Crippen molar-refractivity contribution in [3.8, 4) is 23.3 Å². The number of non-ortho nitro benzene ring substituents is 1. The van der Waals surface area contributed by atoms with Gasteiger partial charge >= 0.3 is 0 Å². The van der Waals surface area contributed by atoms with Crippen LogP contribution in [0.4, 0.5) is 11.4 Å². The fourth-order valence-electron chi connectivity index (χ4n) is 2.81. The highest BCUT2D eigenvalue weighted by Gasteiger charge is 2.35. The van der Waals surface area contributed by atoms with Crippen LogP contribution in [0.3, 0.4) is 0 Å². The van der Waals surface area contributed by atoms with E-state index in [1.54, 1.807) is 36.4 Å². The van der Waals surface area contributed by atoms with Crippen LogP contribution in [0, 0.1) is 42.9 Å². The number of hydrogen-bond donors (Lipinski definition) is 0. The van der Waals surface area contributed by atoms with E-state index in [4.69, 9.17) is 0 Å². The van der Waals surface area contributed by atoms with E-state index in [0.29, 0.717) is 11.1 Å². The van der Waals surface area contributed by atoms with Gasteiger partial charge in [0.2, 0.25) is 0 Å². The molecule has 2 aromatic carbocycles. The SMILES string of the molecule is N#CC(C#N)=C1c2ccccc2-c2c1cc([N+](=O)[O-])cc2[N+](=O)[O-]. The zero-order chi connectivity index (χ0) is 17.4. The minimum atomic E-state index is -0.744. The third-order valence-corrected chi connectivity index (χ3v) is 3.72. The molecule has 0 saturated carbocycles. The molecule has 3 rings (SSSR count). The summed E-state index contributed by atoms with van der Waals surface area (Å²) in [6.45, 7) is 0. The first kappa shape index (κ1) is 14.9. The monoisotopic (exact) mass is 318 g/mol. The number of nitro groups is 2. The molecule has 0 unspecified atom stereocenters. The Morgan fingerprint density at radius 1 is 0.917 bits per heavy atom. The van der Waals surface area contributed by atoms with Crippen LogP contribution in [-0.4, -0.2) is 9.85 Å². The summed E-state index contributed by atoms with van der Waals surface area (Å²) in [7, 11) is 0. The molecular weight excluding hydrogens is 312 g/mol. The molecule has 8 nitrogen and oxygen atoms in total. The van der Waals surface area contributed by atoms with E-state index in [-0.39, 0.29) is 22.3 Å². The van der Waals surface area contributed by atoms with E-state index in [2.05, 4.69) is 0 Å². The lowest BCUT2D eigenvalue weighted by molar-refractivity contribution is -0.393. The maximum atomic E-state index is 11.4. The van der Waals surface area contributed by atoms with Crippen molar-refractivity contribution in [1.29, 1.82) is 10.5 Å². The second-order valence-electron chi connectivity index (χ2n) is 4.92. The Morgan fingerprint density at radius 3 is 2.08 bits per heavy atom. The van der Waals surface area contributed by atoms with Gasteiger partial charge in [-0.2, -0.15) is 10.5 Å². The Balaban J connectivity index is 2.54. The molecule has 0 heterocycles. The number of allylic oxidation sites excluding steroid dienone is 1. The smallest absolute Gasteiger partial charge is 0.258 e. The average molecular weight is 318 g/mol. The molecule has 0 radical (unpaired) electrons. The number of rotatable bonds is 2. The van der Waals surface area contributed by atoms with Gasteiger partial charge in [-0.15, -0.1) is 0 Å².